The first kappa shape index (κ1) is 18.1. The molecule has 1 aromatic heterocycles. The van der Waals surface area contributed by atoms with Crippen molar-refractivity contribution in [3.8, 4) is 11.5 Å². The molecule has 5 nitrogen and oxygen atoms in total. The molecule has 1 atom stereocenters. The number of hydrogen-bond acceptors (Lipinski definition) is 5. The summed E-state index contributed by atoms with van der Waals surface area (Å²) in [5.41, 5.74) is 3.03. The van der Waals surface area contributed by atoms with Crippen molar-refractivity contribution >= 4 is 23.4 Å². The molecule has 2 aromatic carbocycles. The second-order valence-electron chi connectivity index (χ2n) is 5.87. The summed E-state index contributed by atoms with van der Waals surface area (Å²) < 4.78 is 19.3. The number of aryl methyl sites for hydroxylation is 2. The number of amides is 1. The molecule has 0 spiro atoms. The van der Waals surface area contributed by atoms with Crippen molar-refractivity contribution in [3.05, 3.63) is 59.4 Å². The Balaban J connectivity index is 1.69. The summed E-state index contributed by atoms with van der Waals surface area (Å²) in [6, 6.07) is 12.0. The van der Waals surface area contributed by atoms with Crippen molar-refractivity contribution in [2.24, 2.45) is 0 Å². The van der Waals surface area contributed by atoms with Crippen molar-refractivity contribution in [3.63, 3.8) is 0 Å². The topological polar surface area (TPSA) is 68.0 Å². The third-order valence-corrected chi connectivity index (χ3v) is 4.82. The average molecular weight is 371 g/mol. The predicted octanol–water partition coefficient (Wildman–Crippen LogP) is 4.61. The Bertz CT molecular complexity index is 922. The van der Waals surface area contributed by atoms with E-state index < -0.39 is 11.1 Å². The lowest BCUT2D eigenvalue weighted by Crippen LogP contribution is -2.23. The average Bonchev–Trinajstić information content (AvgIpc) is 3.06. The molecule has 0 fully saturated rings. The molecule has 0 unspecified atom stereocenters. The van der Waals surface area contributed by atoms with Gasteiger partial charge < -0.3 is 9.73 Å². The number of anilines is 1. The maximum absolute atomic E-state index is 13.8. The predicted molar refractivity (Wildman–Crippen MR) is 99.6 cm³/mol. The molecule has 134 valence electrons. The van der Waals surface area contributed by atoms with E-state index in [1.807, 2.05) is 32.0 Å². The van der Waals surface area contributed by atoms with Crippen LogP contribution in [0.5, 0.6) is 0 Å². The summed E-state index contributed by atoms with van der Waals surface area (Å²) >= 11 is 1.13. The van der Waals surface area contributed by atoms with Gasteiger partial charge in [-0.2, -0.15) is 0 Å². The van der Waals surface area contributed by atoms with Gasteiger partial charge in [0.1, 0.15) is 5.82 Å². The van der Waals surface area contributed by atoms with Crippen LogP contribution < -0.4 is 5.32 Å². The molecular weight excluding hydrogens is 353 g/mol. The van der Waals surface area contributed by atoms with E-state index >= 15 is 0 Å². The van der Waals surface area contributed by atoms with Gasteiger partial charge >= 0.3 is 0 Å². The normalized spacial score (nSPS) is 12.0. The minimum absolute atomic E-state index is 0.0907. The Morgan fingerprint density at radius 3 is 2.50 bits per heavy atom. The van der Waals surface area contributed by atoms with E-state index in [4.69, 9.17) is 4.42 Å². The van der Waals surface area contributed by atoms with Gasteiger partial charge in [0, 0.05) is 5.69 Å². The highest BCUT2D eigenvalue weighted by atomic mass is 32.2. The number of halogens is 1. The van der Waals surface area contributed by atoms with Crippen LogP contribution in [0.25, 0.3) is 11.5 Å². The number of thioether (sulfide) groups is 1. The zero-order chi connectivity index (χ0) is 18.7. The van der Waals surface area contributed by atoms with E-state index in [2.05, 4.69) is 15.5 Å². The summed E-state index contributed by atoms with van der Waals surface area (Å²) in [5, 5.41) is 10.5. The second-order valence-corrected chi connectivity index (χ2v) is 7.16. The van der Waals surface area contributed by atoms with E-state index in [-0.39, 0.29) is 22.6 Å². The molecule has 1 heterocycles. The highest BCUT2D eigenvalue weighted by Gasteiger charge is 2.20. The maximum atomic E-state index is 13.8. The molecule has 0 aliphatic rings. The van der Waals surface area contributed by atoms with Crippen LogP contribution in [-0.2, 0) is 4.79 Å². The maximum Gasteiger partial charge on any atom is 0.277 e. The lowest BCUT2D eigenvalue weighted by atomic mass is 10.1. The molecule has 7 heteroatoms. The fourth-order valence-corrected chi connectivity index (χ4v) is 3.13. The Morgan fingerprint density at radius 1 is 1.12 bits per heavy atom. The van der Waals surface area contributed by atoms with Gasteiger partial charge in [-0.3, -0.25) is 4.79 Å². The molecule has 3 aromatic rings. The van der Waals surface area contributed by atoms with Crippen molar-refractivity contribution in [2.45, 2.75) is 31.2 Å². The number of nitrogens with zero attached hydrogens (tertiary/aromatic N) is 2. The number of nitrogens with one attached hydrogen (secondary N) is 1. The summed E-state index contributed by atoms with van der Waals surface area (Å²) in [7, 11) is 0. The van der Waals surface area contributed by atoms with Crippen LogP contribution in [0.3, 0.4) is 0 Å². The van der Waals surface area contributed by atoms with E-state index in [0.717, 1.165) is 28.6 Å². The van der Waals surface area contributed by atoms with Crippen LogP contribution in [0.1, 0.15) is 18.1 Å². The molecule has 0 aliphatic carbocycles. The zero-order valence-corrected chi connectivity index (χ0v) is 15.4. The molecule has 3 rings (SSSR count). The Hall–Kier alpha value is -2.67. The summed E-state index contributed by atoms with van der Waals surface area (Å²) in [6.45, 7) is 5.64. The fourth-order valence-electron chi connectivity index (χ4n) is 2.44. The van der Waals surface area contributed by atoms with E-state index in [9.17, 15) is 9.18 Å². The molecule has 0 radical (unpaired) electrons. The summed E-state index contributed by atoms with van der Waals surface area (Å²) in [5.74, 6) is -0.514. The first-order chi connectivity index (χ1) is 12.5. The van der Waals surface area contributed by atoms with Crippen LogP contribution in [0, 0.1) is 19.7 Å². The third kappa shape index (κ3) is 3.94. The fraction of sp³-hybridized carbons (Fsp3) is 0.211. The quantitative estimate of drug-likeness (QED) is 0.663. The van der Waals surface area contributed by atoms with Gasteiger partial charge in [-0.05, 0) is 44.0 Å². The largest absolute Gasteiger partial charge is 0.411 e. The minimum atomic E-state index is -0.456. The lowest BCUT2D eigenvalue weighted by Gasteiger charge is -2.14. The molecule has 0 aliphatic heterocycles. The van der Waals surface area contributed by atoms with Crippen LogP contribution in [-0.4, -0.2) is 21.4 Å². The zero-order valence-electron chi connectivity index (χ0n) is 14.6. The van der Waals surface area contributed by atoms with Crippen LogP contribution in [0.15, 0.2) is 52.1 Å². The number of rotatable bonds is 5. The third-order valence-electron chi connectivity index (χ3n) is 3.89. The number of carbonyl (C=O) groups excluding carboxylic acids is 1. The van der Waals surface area contributed by atoms with Gasteiger partial charge in [0.05, 0.1) is 10.8 Å². The van der Waals surface area contributed by atoms with Crippen LogP contribution >= 0.6 is 11.8 Å². The van der Waals surface area contributed by atoms with Gasteiger partial charge in [0.15, 0.2) is 0 Å². The molecule has 0 saturated carbocycles. The Morgan fingerprint density at radius 2 is 1.81 bits per heavy atom. The van der Waals surface area contributed by atoms with Crippen molar-refractivity contribution in [1.82, 2.24) is 10.2 Å². The second kappa shape index (κ2) is 7.70. The number of carbonyl (C=O) groups is 1. The smallest absolute Gasteiger partial charge is 0.277 e. The first-order valence-electron chi connectivity index (χ1n) is 8.08. The van der Waals surface area contributed by atoms with Gasteiger partial charge in [0.2, 0.25) is 5.91 Å². The van der Waals surface area contributed by atoms with Crippen LogP contribution in [0.2, 0.25) is 0 Å². The standard InChI is InChI=1S/C19H18FN3O2S/c1-11-7-6-8-12(2)16(11)21-17(24)13(3)26-19-23-22-18(25-19)14-9-4-5-10-15(14)20/h4-10,13H,1-3H3,(H,21,24)/t13-/m1/s1. The molecule has 1 N–H and O–H groups in total. The van der Waals surface area contributed by atoms with Crippen molar-refractivity contribution < 1.29 is 13.6 Å². The number of hydrogen-bond donors (Lipinski definition) is 1. The molecule has 26 heavy (non-hydrogen) atoms. The van der Waals surface area contributed by atoms with Gasteiger partial charge in [0.25, 0.3) is 11.1 Å². The van der Waals surface area contributed by atoms with E-state index in [1.165, 1.54) is 6.07 Å². The Labute approximate surface area is 155 Å². The highest BCUT2D eigenvalue weighted by molar-refractivity contribution is 8.00. The monoisotopic (exact) mass is 371 g/mol. The number of para-hydroxylation sites is 1. The number of aromatic nitrogens is 2. The molecule has 1 amide bonds. The van der Waals surface area contributed by atoms with Crippen molar-refractivity contribution in [2.75, 3.05) is 5.32 Å². The molecule has 0 saturated heterocycles. The SMILES string of the molecule is Cc1cccc(C)c1NC(=O)[C@@H](C)Sc1nnc(-c2ccccc2F)o1. The van der Waals surface area contributed by atoms with Gasteiger partial charge in [-0.25, -0.2) is 4.39 Å². The van der Waals surface area contributed by atoms with E-state index in [0.29, 0.717) is 0 Å². The van der Waals surface area contributed by atoms with Crippen molar-refractivity contribution in [1.29, 1.82) is 0 Å². The summed E-state index contributed by atoms with van der Waals surface area (Å²) in [4.78, 5) is 12.5. The minimum Gasteiger partial charge on any atom is -0.411 e. The van der Waals surface area contributed by atoms with Gasteiger partial charge in [-0.15, -0.1) is 10.2 Å². The molecular formula is C19H18FN3O2S. The lowest BCUT2D eigenvalue weighted by molar-refractivity contribution is -0.115. The molecule has 0 bridgehead atoms. The Kier molecular flexibility index (Phi) is 5.37. The van der Waals surface area contributed by atoms with Gasteiger partial charge in [-0.1, -0.05) is 42.1 Å². The first-order valence-corrected chi connectivity index (χ1v) is 8.96. The number of benzene rings is 2. The summed E-state index contributed by atoms with van der Waals surface area (Å²) in [6.07, 6.45) is 0. The highest BCUT2D eigenvalue weighted by Crippen LogP contribution is 2.28. The van der Waals surface area contributed by atoms with E-state index in [1.54, 1.807) is 25.1 Å². The van der Waals surface area contributed by atoms with Crippen LogP contribution in [0.4, 0.5) is 10.1 Å².